The Labute approximate surface area is 157 Å². The predicted octanol–water partition coefficient (Wildman–Crippen LogP) is 2.85. The highest BCUT2D eigenvalue weighted by Gasteiger charge is 2.12. The third kappa shape index (κ3) is 5.85. The number of aryl methyl sites for hydroxylation is 1. The molecule has 0 bridgehead atoms. The fraction of sp³-hybridized carbons (Fsp3) is 0.250. The van der Waals surface area contributed by atoms with Gasteiger partial charge in [0.05, 0.1) is 0 Å². The number of amides is 2. The maximum Gasteiger partial charge on any atom is 0.341 e. The third-order valence-electron chi connectivity index (χ3n) is 3.73. The minimum Gasteiger partial charge on any atom is -0.482 e. The Balaban J connectivity index is 2.08. The van der Waals surface area contributed by atoms with E-state index >= 15 is 0 Å². The van der Waals surface area contributed by atoms with Crippen LogP contribution < -0.4 is 15.4 Å². The molecule has 0 saturated carbocycles. The number of carboxylic acid groups (broad SMARTS) is 1. The molecule has 0 spiro atoms. The first kappa shape index (κ1) is 20.0. The summed E-state index contributed by atoms with van der Waals surface area (Å²) in [5.74, 6) is -1.22. The number of hydrogen-bond donors (Lipinski definition) is 3. The number of rotatable bonds is 8. The molecule has 2 amide bonds. The summed E-state index contributed by atoms with van der Waals surface area (Å²) >= 11 is 0. The minimum atomic E-state index is -1.06. The van der Waals surface area contributed by atoms with Gasteiger partial charge in [0.15, 0.2) is 6.61 Å². The van der Waals surface area contributed by atoms with Crippen molar-refractivity contribution in [2.24, 2.45) is 0 Å². The van der Waals surface area contributed by atoms with E-state index in [0.29, 0.717) is 29.1 Å². The van der Waals surface area contributed by atoms with Crippen molar-refractivity contribution in [1.29, 1.82) is 0 Å². The van der Waals surface area contributed by atoms with Crippen LogP contribution in [0.4, 0.5) is 5.69 Å². The summed E-state index contributed by atoms with van der Waals surface area (Å²) < 4.78 is 5.11. The summed E-state index contributed by atoms with van der Waals surface area (Å²) in [4.78, 5) is 35.1. The van der Waals surface area contributed by atoms with Gasteiger partial charge in [-0.15, -0.1) is 0 Å². The van der Waals surface area contributed by atoms with E-state index in [9.17, 15) is 14.4 Å². The summed E-state index contributed by atoms with van der Waals surface area (Å²) in [6.07, 6.45) is 0.831. The quantitative estimate of drug-likeness (QED) is 0.663. The molecule has 0 aromatic heterocycles. The largest absolute Gasteiger partial charge is 0.482 e. The molecule has 142 valence electrons. The lowest BCUT2D eigenvalue weighted by atomic mass is 10.1. The molecule has 3 N–H and O–H groups in total. The molecule has 0 fully saturated rings. The van der Waals surface area contributed by atoms with Gasteiger partial charge in [0, 0.05) is 23.4 Å². The van der Waals surface area contributed by atoms with Gasteiger partial charge in [0.2, 0.25) is 0 Å². The molecule has 0 aliphatic carbocycles. The molecule has 27 heavy (non-hydrogen) atoms. The van der Waals surface area contributed by atoms with Crippen LogP contribution in [0.2, 0.25) is 0 Å². The second kappa shape index (κ2) is 9.38. The zero-order valence-electron chi connectivity index (χ0n) is 15.2. The highest BCUT2D eigenvalue weighted by molar-refractivity contribution is 6.06. The van der Waals surface area contributed by atoms with Gasteiger partial charge in [0.25, 0.3) is 11.8 Å². The molecule has 0 aliphatic heterocycles. The zero-order valence-corrected chi connectivity index (χ0v) is 15.2. The van der Waals surface area contributed by atoms with Crippen LogP contribution >= 0.6 is 0 Å². The van der Waals surface area contributed by atoms with E-state index in [4.69, 9.17) is 9.84 Å². The van der Waals surface area contributed by atoms with Gasteiger partial charge in [-0.05, 0) is 55.3 Å². The average Bonchev–Trinajstić information content (AvgIpc) is 2.66. The van der Waals surface area contributed by atoms with Gasteiger partial charge in [-0.1, -0.05) is 13.0 Å². The molecule has 2 aromatic carbocycles. The molecule has 0 saturated heterocycles. The topological polar surface area (TPSA) is 105 Å². The summed E-state index contributed by atoms with van der Waals surface area (Å²) in [5, 5.41) is 14.2. The number of nitrogens with one attached hydrogen (secondary N) is 2. The number of anilines is 1. The van der Waals surface area contributed by atoms with Gasteiger partial charge in [-0.3, -0.25) is 9.59 Å². The van der Waals surface area contributed by atoms with Crippen molar-refractivity contribution < 1.29 is 24.2 Å². The number of hydrogen-bond acceptors (Lipinski definition) is 4. The first-order chi connectivity index (χ1) is 12.9. The first-order valence-electron chi connectivity index (χ1n) is 8.55. The summed E-state index contributed by atoms with van der Waals surface area (Å²) in [6.45, 7) is 3.88. The van der Waals surface area contributed by atoms with Crippen molar-refractivity contribution >= 4 is 23.5 Å². The van der Waals surface area contributed by atoms with E-state index in [1.807, 2.05) is 6.92 Å². The molecular weight excluding hydrogens is 348 g/mol. The molecular formula is C20H22N2O5. The Morgan fingerprint density at radius 3 is 2.37 bits per heavy atom. The van der Waals surface area contributed by atoms with E-state index in [2.05, 4.69) is 10.6 Å². The molecule has 0 heterocycles. The van der Waals surface area contributed by atoms with E-state index in [1.54, 1.807) is 49.4 Å². The summed E-state index contributed by atoms with van der Waals surface area (Å²) in [5.41, 5.74) is 2.08. The average molecular weight is 370 g/mol. The fourth-order valence-electron chi connectivity index (χ4n) is 2.35. The number of carbonyl (C=O) groups is 3. The molecule has 7 nitrogen and oxygen atoms in total. The van der Waals surface area contributed by atoms with Crippen molar-refractivity contribution in [3.05, 3.63) is 59.2 Å². The lowest BCUT2D eigenvalue weighted by molar-refractivity contribution is -0.139. The van der Waals surface area contributed by atoms with Crippen LogP contribution in [0, 0.1) is 6.92 Å². The number of carboxylic acids is 1. The van der Waals surface area contributed by atoms with Crippen LogP contribution in [0.3, 0.4) is 0 Å². The number of carbonyl (C=O) groups excluding carboxylic acids is 2. The van der Waals surface area contributed by atoms with E-state index in [-0.39, 0.29) is 11.8 Å². The Kier molecular flexibility index (Phi) is 6.93. The second-order valence-electron chi connectivity index (χ2n) is 5.95. The molecule has 2 aromatic rings. The highest BCUT2D eigenvalue weighted by Crippen LogP contribution is 2.22. The summed E-state index contributed by atoms with van der Waals surface area (Å²) in [7, 11) is 0. The van der Waals surface area contributed by atoms with Gasteiger partial charge in [0.1, 0.15) is 5.75 Å². The zero-order chi connectivity index (χ0) is 19.8. The predicted molar refractivity (Wildman–Crippen MR) is 101 cm³/mol. The van der Waals surface area contributed by atoms with Gasteiger partial charge >= 0.3 is 5.97 Å². The van der Waals surface area contributed by atoms with Gasteiger partial charge < -0.3 is 20.5 Å². The van der Waals surface area contributed by atoms with Crippen molar-refractivity contribution in [3.63, 3.8) is 0 Å². The maximum atomic E-state index is 12.5. The Hall–Kier alpha value is -3.35. The first-order valence-corrected chi connectivity index (χ1v) is 8.55. The van der Waals surface area contributed by atoms with Crippen LogP contribution in [0.15, 0.2) is 42.5 Å². The Bertz CT molecular complexity index is 848. The highest BCUT2D eigenvalue weighted by atomic mass is 16.5. The molecule has 0 unspecified atom stereocenters. The Morgan fingerprint density at radius 2 is 1.74 bits per heavy atom. The SMILES string of the molecule is CCCNC(=O)c1cccc(C(=O)Nc2ccc(OCC(=O)O)cc2C)c1. The Morgan fingerprint density at radius 1 is 1.04 bits per heavy atom. The second-order valence-corrected chi connectivity index (χ2v) is 5.95. The molecule has 7 heteroatoms. The standard InChI is InChI=1S/C20H22N2O5/c1-3-9-21-19(25)14-5-4-6-15(11-14)20(26)22-17-8-7-16(10-13(17)2)27-12-18(23)24/h4-8,10-11H,3,9,12H2,1-2H3,(H,21,25)(H,22,26)(H,23,24). The van der Waals surface area contributed by atoms with Crippen molar-refractivity contribution in [2.45, 2.75) is 20.3 Å². The fourth-order valence-corrected chi connectivity index (χ4v) is 2.35. The number of ether oxygens (including phenoxy) is 1. The maximum absolute atomic E-state index is 12.5. The molecule has 0 atom stereocenters. The lowest BCUT2D eigenvalue weighted by Crippen LogP contribution is -2.24. The van der Waals surface area contributed by atoms with Crippen LogP contribution in [-0.2, 0) is 4.79 Å². The van der Waals surface area contributed by atoms with Gasteiger partial charge in [-0.2, -0.15) is 0 Å². The molecule has 2 rings (SSSR count). The smallest absolute Gasteiger partial charge is 0.341 e. The van der Waals surface area contributed by atoms with Crippen LogP contribution in [0.1, 0.15) is 39.6 Å². The van der Waals surface area contributed by atoms with E-state index < -0.39 is 12.6 Å². The minimum absolute atomic E-state index is 0.220. The lowest BCUT2D eigenvalue weighted by Gasteiger charge is -2.11. The van der Waals surface area contributed by atoms with E-state index in [1.165, 1.54) is 0 Å². The van der Waals surface area contributed by atoms with Crippen LogP contribution in [0.25, 0.3) is 0 Å². The van der Waals surface area contributed by atoms with Crippen molar-refractivity contribution in [3.8, 4) is 5.75 Å². The third-order valence-corrected chi connectivity index (χ3v) is 3.73. The van der Waals surface area contributed by atoms with Crippen LogP contribution in [-0.4, -0.2) is 36.0 Å². The van der Waals surface area contributed by atoms with Crippen molar-refractivity contribution in [1.82, 2.24) is 5.32 Å². The van der Waals surface area contributed by atoms with E-state index in [0.717, 1.165) is 12.0 Å². The van der Waals surface area contributed by atoms with Gasteiger partial charge in [-0.25, -0.2) is 4.79 Å². The van der Waals surface area contributed by atoms with Crippen molar-refractivity contribution in [2.75, 3.05) is 18.5 Å². The number of aliphatic carboxylic acids is 1. The monoisotopic (exact) mass is 370 g/mol. The summed E-state index contributed by atoms with van der Waals surface area (Å²) in [6, 6.07) is 11.4. The normalized spacial score (nSPS) is 10.1. The van der Waals surface area contributed by atoms with Crippen LogP contribution in [0.5, 0.6) is 5.75 Å². The molecule has 0 aliphatic rings. The molecule has 0 radical (unpaired) electrons. The number of benzene rings is 2.